The molecular weight excluding hydrogens is 172 g/mol. The van der Waals surface area contributed by atoms with Crippen molar-refractivity contribution >= 4 is 10.9 Å². The molecule has 1 aromatic heterocycles. The van der Waals surface area contributed by atoms with Gasteiger partial charge < -0.3 is 0 Å². The van der Waals surface area contributed by atoms with Gasteiger partial charge in [0.25, 0.3) is 0 Å². The Hall–Kier alpha value is -1.44. The number of nitrogens with zero attached hydrogens (tertiary/aromatic N) is 2. The minimum atomic E-state index is 1.01. The summed E-state index contributed by atoms with van der Waals surface area (Å²) in [6, 6.07) is 6.19. The third kappa shape index (κ3) is 1.90. The van der Waals surface area contributed by atoms with Gasteiger partial charge in [-0.05, 0) is 31.0 Å². The second-order valence-corrected chi connectivity index (χ2v) is 2.99. The van der Waals surface area contributed by atoms with Crippen LogP contribution in [0, 0.1) is 13.8 Å². The fraction of sp³-hybridized carbons (Fsp3) is 0.333. The zero-order chi connectivity index (χ0) is 10.6. The highest BCUT2D eigenvalue weighted by Crippen LogP contribution is 2.17. The molecule has 0 N–H and O–H groups in total. The number of aromatic nitrogens is 2. The van der Waals surface area contributed by atoms with E-state index in [2.05, 4.69) is 36.2 Å². The van der Waals surface area contributed by atoms with Gasteiger partial charge in [-0.1, -0.05) is 26.0 Å². The number of aryl methyl sites for hydroxylation is 2. The number of hydrogen-bond donors (Lipinski definition) is 0. The molecule has 2 rings (SSSR count). The number of hydrogen-bond acceptors (Lipinski definition) is 2. The number of rotatable bonds is 0. The second kappa shape index (κ2) is 4.70. The fourth-order valence-electron chi connectivity index (χ4n) is 1.36. The summed E-state index contributed by atoms with van der Waals surface area (Å²) in [6.07, 6.45) is 1.73. The van der Waals surface area contributed by atoms with Gasteiger partial charge in [0, 0.05) is 5.39 Å². The average Bonchev–Trinajstić information content (AvgIpc) is 2.27. The molecule has 0 spiro atoms. The van der Waals surface area contributed by atoms with E-state index in [1.165, 1.54) is 16.5 Å². The number of benzene rings is 1. The van der Waals surface area contributed by atoms with E-state index in [-0.39, 0.29) is 0 Å². The summed E-state index contributed by atoms with van der Waals surface area (Å²) in [5.74, 6) is 0. The molecule has 0 radical (unpaired) electrons. The van der Waals surface area contributed by atoms with E-state index in [0.29, 0.717) is 0 Å². The van der Waals surface area contributed by atoms with Gasteiger partial charge in [-0.25, -0.2) is 0 Å². The molecule has 2 nitrogen and oxygen atoms in total. The Labute approximate surface area is 85.0 Å². The molecule has 0 unspecified atom stereocenters. The molecule has 0 amide bonds. The standard InChI is InChI=1S/C10H10N2.C2H6/c1-7-3-4-8(2)10-9(7)5-6-11-12-10;1-2/h3-6H,1-2H3;1-2H3. The third-order valence-electron chi connectivity index (χ3n) is 2.10. The van der Waals surface area contributed by atoms with Crippen molar-refractivity contribution in [3.63, 3.8) is 0 Å². The zero-order valence-electron chi connectivity index (χ0n) is 9.20. The van der Waals surface area contributed by atoms with E-state index >= 15 is 0 Å². The molecule has 0 aliphatic rings. The minimum Gasteiger partial charge on any atom is -0.159 e. The summed E-state index contributed by atoms with van der Waals surface area (Å²) in [6.45, 7) is 8.14. The number of fused-ring (bicyclic) bond motifs is 1. The van der Waals surface area contributed by atoms with Crippen molar-refractivity contribution in [2.24, 2.45) is 0 Å². The van der Waals surface area contributed by atoms with Crippen molar-refractivity contribution in [1.82, 2.24) is 10.2 Å². The monoisotopic (exact) mass is 188 g/mol. The van der Waals surface area contributed by atoms with E-state index < -0.39 is 0 Å². The largest absolute Gasteiger partial charge is 0.159 e. The quantitative estimate of drug-likeness (QED) is 0.634. The van der Waals surface area contributed by atoms with Crippen LogP contribution in [0.4, 0.5) is 0 Å². The van der Waals surface area contributed by atoms with E-state index in [1.807, 2.05) is 19.9 Å². The van der Waals surface area contributed by atoms with Gasteiger partial charge in [0.05, 0.1) is 11.7 Å². The molecular formula is C12H16N2. The Bertz CT molecular complexity index is 381. The predicted octanol–water partition coefficient (Wildman–Crippen LogP) is 3.27. The highest BCUT2D eigenvalue weighted by atomic mass is 15.1. The lowest BCUT2D eigenvalue weighted by Crippen LogP contribution is -1.87. The Morgan fingerprint density at radius 3 is 2.21 bits per heavy atom. The van der Waals surface area contributed by atoms with Gasteiger partial charge in [0.1, 0.15) is 0 Å². The predicted molar refractivity (Wildman–Crippen MR) is 60.4 cm³/mol. The molecule has 74 valence electrons. The fourth-order valence-corrected chi connectivity index (χ4v) is 1.36. The molecule has 0 saturated carbocycles. The van der Waals surface area contributed by atoms with Crippen LogP contribution >= 0.6 is 0 Å². The maximum absolute atomic E-state index is 4.09. The lowest BCUT2D eigenvalue weighted by molar-refractivity contribution is 1.07. The summed E-state index contributed by atoms with van der Waals surface area (Å²) in [4.78, 5) is 0. The summed E-state index contributed by atoms with van der Waals surface area (Å²) >= 11 is 0. The molecule has 0 aliphatic heterocycles. The topological polar surface area (TPSA) is 25.8 Å². The van der Waals surface area contributed by atoms with Gasteiger partial charge in [-0.2, -0.15) is 10.2 Å². The minimum absolute atomic E-state index is 1.01. The van der Waals surface area contributed by atoms with E-state index in [0.717, 1.165) is 5.52 Å². The Morgan fingerprint density at radius 2 is 1.57 bits per heavy atom. The Kier molecular flexibility index (Phi) is 3.57. The highest BCUT2D eigenvalue weighted by Gasteiger charge is 1.99. The molecule has 0 saturated heterocycles. The van der Waals surface area contributed by atoms with Gasteiger partial charge >= 0.3 is 0 Å². The summed E-state index contributed by atoms with van der Waals surface area (Å²) < 4.78 is 0. The molecule has 1 heterocycles. The van der Waals surface area contributed by atoms with Crippen LogP contribution in [0.1, 0.15) is 25.0 Å². The molecule has 0 bridgehead atoms. The summed E-state index contributed by atoms with van der Waals surface area (Å²) in [5, 5.41) is 9.16. The first-order chi connectivity index (χ1) is 6.79. The van der Waals surface area contributed by atoms with Gasteiger partial charge in [0.15, 0.2) is 0 Å². The molecule has 2 heteroatoms. The van der Waals surface area contributed by atoms with E-state index in [1.54, 1.807) is 6.20 Å². The van der Waals surface area contributed by atoms with Crippen LogP contribution in [0.2, 0.25) is 0 Å². The Balaban J connectivity index is 0.000000461. The van der Waals surface area contributed by atoms with Crippen molar-refractivity contribution < 1.29 is 0 Å². The average molecular weight is 188 g/mol. The van der Waals surface area contributed by atoms with Crippen LogP contribution in [-0.2, 0) is 0 Å². The van der Waals surface area contributed by atoms with Gasteiger partial charge in [0.2, 0.25) is 0 Å². The zero-order valence-corrected chi connectivity index (χ0v) is 9.20. The third-order valence-corrected chi connectivity index (χ3v) is 2.10. The first-order valence-electron chi connectivity index (χ1n) is 4.96. The van der Waals surface area contributed by atoms with Crippen LogP contribution in [0.3, 0.4) is 0 Å². The van der Waals surface area contributed by atoms with Crippen LogP contribution in [0.5, 0.6) is 0 Å². The smallest absolute Gasteiger partial charge is 0.0961 e. The maximum Gasteiger partial charge on any atom is 0.0961 e. The van der Waals surface area contributed by atoms with Crippen molar-refractivity contribution in [2.45, 2.75) is 27.7 Å². The second-order valence-electron chi connectivity index (χ2n) is 2.99. The molecule has 0 fully saturated rings. The van der Waals surface area contributed by atoms with Crippen LogP contribution in [-0.4, -0.2) is 10.2 Å². The van der Waals surface area contributed by atoms with E-state index in [4.69, 9.17) is 0 Å². The molecule has 14 heavy (non-hydrogen) atoms. The van der Waals surface area contributed by atoms with Gasteiger partial charge in [-0.15, -0.1) is 0 Å². The molecule has 0 atom stereocenters. The Morgan fingerprint density at radius 1 is 0.929 bits per heavy atom. The molecule has 0 aliphatic carbocycles. The lowest BCUT2D eigenvalue weighted by Gasteiger charge is -2.01. The molecule has 2 aromatic rings. The van der Waals surface area contributed by atoms with Crippen molar-refractivity contribution in [1.29, 1.82) is 0 Å². The van der Waals surface area contributed by atoms with Crippen LogP contribution in [0.15, 0.2) is 24.4 Å². The first kappa shape index (κ1) is 10.6. The summed E-state index contributed by atoms with van der Waals surface area (Å²) in [7, 11) is 0. The molecule has 1 aromatic carbocycles. The normalized spacial score (nSPS) is 9.43. The van der Waals surface area contributed by atoms with E-state index in [9.17, 15) is 0 Å². The van der Waals surface area contributed by atoms with Gasteiger partial charge in [-0.3, -0.25) is 0 Å². The van der Waals surface area contributed by atoms with Crippen LogP contribution < -0.4 is 0 Å². The highest BCUT2D eigenvalue weighted by molar-refractivity contribution is 5.83. The van der Waals surface area contributed by atoms with Crippen molar-refractivity contribution in [2.75, 3.05) is 0 Å². The van der Waals surface area contributed by atoms with Crippen molar-refractivity contribution in [3.8, 4) is 0 Å². The van der Waals surface area contributed by atoms with Crippen molar-refractivity contribution in [3.05, 3.63) is 35.5 Å². The SMILES string of the molecule is CC.Cc1ccc(C)c2nnccc12. The lowest BCUT2D eigenvalue weighted by atomic mass is 10.1. The van der Waals surface area contributed by atoms with Crippen LogP contribution in [0.25, 0.3) is 10.9 Å². The first-order valence-corrected chi connectivity index (χ1v) is 4.96. The summed E-state index contributed by atoms with van der Waals surface area (Å²) in [5.41, 5.74) is 3.45. The maximum atomic E-state index is 4.09.